The van der Waals surface area contributed by atoms with Crippen LogP contribution in [0.4, 0.5) is 18.2 Å². The first-order valence-electron chi connectivity index (χ1n) is 10.9. The highest BCUT2D eigenvalue weighted by molar-refractivity contribution is 7.16. The average Bonchev–Trinajstić information content (AvgIpc) is 3.42. The van der Waals surface area contributed by atoms with Crippen molar-refractivity contribution in [3.63, 3.8) is 0 Å². The number of nitrogens with zero attached hydrogens (tertiary/aromatic N) is 3. The van der Waals surface area contributed by atoms with Crippen LogP contribution in [0, 0.1) is 6.92 Å². The number of nitrogens with one attached hydrogen (secondary N) is 1. The molecule has 0 bridgehead atoms. The first-order chi connectivity index (χ1) is 15.8. The first-order valence-corrected chi connectivity index (χ1v) is 11.7. The molecule has 174 valence electrons. The zero-order valence-electron chi connectivity index (χ0n) is 18.3. The molecule has 1 N–H and O–H groups in total. The second-order valence-electron chi connectivity index (χ2n) is 8.19. The molecule has 3 aromatic rings. The summed E-state index contributed by atoms with van der Waals surface area (Å²) in [6, 6.07) is 8.86. The molecule has 0 atom stereocenters. The van der Waals surface area contributed by atoms with Crippen molar-refractivity contribution in [3.8, 4) is 0 Å². The van der Waals surface area contributed by atoms with Gasteiger partial charge in [-0.3, -0.25) is 9.78 Å². The van der Waals surface area contributed by atoms with E-state index in [0.717, 1.165) is 43.9 Å². The summed E-state index contributed by atoms with van der Waals surface area (Å²) < 4.78 is 38.9. The second kappa shape index (κ2) is 10.0. The largest absolute Gasteiger partial charge is 0.416 e. The molecular weight excluding hydrogens is 449 g/mol. The normalized spacial score (nSPS) is 14.5. The monoisotopic (exact) mass is 474 g/mol. The molecule has 1 fully saturated rings. The maximum atomic E-state index is 13.0. The molecule has 0 spiro atoms. The van der Waals surface area contributed by atoms with Gasteiger partial charge in [0.05, 0.1) is 21.8 Å². The van der Waals surface area contributed by atoms with Crippen LogP contribution < -0.4 is 5.32 Å². The smallest absolute Gasteiger partial charge is 0.312 e. The highest BCUT2D eigenvalue weighted by Crippen LogP contribution is 2.31. The number of alkyl halides is 3. The van der Waals surface area contributed by atoms with Crippen molar-refractivity contribution < 1.29 is 18.0 Å². The number of hydrogen-bond acceptors (Lipinski definition) is 5. The number of halogens is 3. The van der Waals surface area contributed by atoms with Crippen molar-refractivity contribution in [2.45, 2.75) is 38.8 Å². The van der Waals surface area contributed by atoms with E-state index in [1.54, 1.807) is 25.3 Å². The van der Waals surface area contributed by atoms with Crippen molar-refractivity contribution in [3.05, 3.63) is 75.7 Å². The van der Waals surface area contributed by atoms with Gasteiger partial charge in [-0.1, -0.05) is 18.2 Å². The minimum Gasteiger partial charge on any atom is -0.312 e. The van der Waals surface area contributed by atoms with E-state index >= 15 is 0 Å². The second-order valence-corrected chi connectivity index (χ2v) is 9.27. The lowest BCUT2D eigenvalue weighted by atomic mass is 10.1. The lowest BCUT2D eigenvalue weighted by Gasteiger charge is -2.13. The minimum atomic E-state index is -4.38. The molecule has 1 aromatic carbocycles. The van der Waals surface area contributed by atoms with Gasteiger partial charge in [-0.25, -0.2) is 4.98 Å². The highest BCUT2D eigenvalue weighted by atomic mass is 32.1. The van der Waals surface area contributed by atoms with E-state index in [4.69, 9.17) is 0 Å². The van der Waals surface area contributed by atoms with Crippen LogP contribution in [0.1, 0.15) is 50.7 Å². The van der Waals surface area contributed by atoms with Crippen LogP contribution in [-0.2, 0) is 19.0 Å². The molecule has 3 heterocycles. The van der Waals surface area contributed by atoms with E-state index in [0.29, 0.717) is 26.8 Å². The predicted molar refractivity (Wildman–Crippen MR) is 123 cm³/mol. The number of hydrogen-bond donors (Lipinski definition) is 1. The van der Waals surface area contributed by atoms with Crippen LogP contribution in [0.25, 0.3) is 0 Å². The Bertz CT molecular complexity index is 1110. The summed E-state index contributed by atoms with van der Waals surface area (Å²) in [6.45, 7) is 5.03. The van der Waals surface area contributed by atoms with Gasteiger partial charge in [0, 0.05) is 31.3 Å². The number of aromatic nitrogens is 2. The predicted octanol–water partition coefficient (Wildman–Crippen LogP) is 5.35. The lowest BCUT2D eigenvalue weighted by molar-refractivity contribution is -0.137. The summed E-state index contributed by atoms with van der Waals surface area (Å²) in [5, 5.41) is 4.07. The third kappa shape index (κ3) is 6.17. The van der Waals surface area contributed by atoms with Gasteiger partial charge >= 0.3 is 6.18 Å². The Labute approximate surface area is 194 Å². The van der Waals surface area contributed by atoms with Gasteiger partial charge in [-0.05, 0) is 56.6 Å². The van der Waals surface area contributed by atoms with Gasteiger partial charge in [0.2, 0.25) is 0 Å². The average molecular weight is 475 g/mol. The van der Waals surface area contributed by atoms with E-state index < -0.39 is 11.7 Å². The van der Waals surface area contributed by atoms with E-state index in [-0.39, 0.29) is 12.3 Å². The summed E-state index contributed by atoms with van der Waals surface area (Å²) in [4.78, 5) is 23.9. The Morgan fingerprint density at radius 2 is 1.97 bits per heavy atom. The summed E-state index contributed by atoms with van der Waals surface area (Å²) in [7, 11) is 0. The molecule has 5 nitrogen and oxygen atoms in total. The molecule has 0 aliphatic carbocycles. The number of rotatable bonds is 7. The van der Waals surface area contributed by atoms with Gasteiger partial charge < -0.3 is 10.2 Å². The summed E-state index contributed by atoms with van der Waals surface area (Å²) in [6.07, 6.45) is 0.823. The Morgan fingerprint density at radius 1 is 1.18 bits per heavy atom. The first kappa shape index (κ1) is 23.4. The van der Waals surface area contributed by atoms with Crippen molar-refractivity contribution in [1.82, 2.24) is 14.9 Å². The van der Waals surface area contributed by atoms with Crippen LogP contribution in [0.5, 0.6) is 0 Å². The summed E-state index contributed by atoms with van der Waals surface area (Å²) >= 11 is 1.27. The number of amides is 1. The Kier molecular flexibility index (Phi) is 7.09. The van der Waals surface area contributed by atoms with Gasteiger partial charge in [0.1, 0.15) is 5.00 Å². The fourth-order valence-corrected chi connectivity index (χ4v) is 4.83. The lowest BCUT2D eigenvalue weighted by Crippen LogP contribution is -2.22. The van der Waals surface area contributed by atoms with Gasteiger partial charge in [0.25, 0.3) is 5.91 Å². The quantitative estimate of drug-likeness (QED) is 0.502. The maximum Gasteiger partial charge on any atom is 0.416 e. The zero-order chi connectivity index (χ0) is 23.4. The summed E-state index contributed by atoms with van der Waals surface area (Å²) in [5.41, 5.74) is 1.87. The van der Waals surface area contributed by atoms with Crippen molar-refractivity contribution in [2.24, 2.45) is 0 Å². The third-order valence-corrected chi connectivity index (χ3v) is 6.72. The van der Waals surface area contributed by atoms with Crippen molar-refractivity contribution >= 4 is 22.2 Å². The van der Waals surface area contributed by atoms with Crippen molar-refractivity contribution in [2.75, 3.05) is 25.0 Å². The molecule has 2 aromatic heterocycles. The Balaban J connectivity index is 1.37. The molecule has 1 saturated heterocycles. The number of carbonyl (C=O) groups is 1. The molecule has 0 radical (unpaired) electrons. The molecule has 9 heteroatoms. The van der Waals surface area contributed by atoms with Crippen LogP contribution in [-0.4, -0.2) is 40.4 Å². The molecule has 1 aliphatic heterocycles. The van der Waals surface area contributed by atoms with E-state index in [1.165, 1.54) is 30.2 Å². The molecule has 33 heavy (non-hydrogen) atoms. The van der Waals surface area contributed by atoms with Gasteiger partial charge in [-0.2, -0.15) is 13.2 Å². The molecule has 1 aliphatic rings. The number of pyridine rings is 1. The van der Waals surface area contributed by atoms with E-state index in [9.17, 15) is 18.0 Å². The molecule has 4 rings (SSSR count). The molecule has 1 amide bonds. The molecule has 0 unspecified atom stereocenters. The number of thiazole rings is 1. The number of likely N-dealkylation sites (tertiary alicyclic amines) is 1. The summed E-state index contributed by atoms with van der Waals surface area (Å²) in [5.74, 6) is -0.286. The van der Waals surface area contributed by atoms with Crippen LogP contribution >= 0.6 is 11.3 Å². The van der Waals surface area contributed by atoms with Crippen LogP contribution in [0.3, 0.4) is 0 Å². The maximum absolute atomic E-state index is 13.0. The zero-order valence-corrected chi connectivity index (χ0v) is 19.1. The minimum absolute atomic E-state index is 0.262. The van der Waals surface area contributed by atoms with Crippen molar-refractivity contribution in [1.29, 1.82) is 0 Å². The van der Waals surface area contributed by atoms with E-state index in [1.807, 2.05) is 6.07 Å². The Hall–Kier alpha value is -2.78. The Morgan fingerprint density at radius 3 is 2.67 bits per heavy atom. The topological polar surface area (TPSA) is 58.1 Å². The number of aryl methyl sites for hydroxylation is 1. The third-order valence-electron chi connectivity index (χ3n) is 5.65. The highest BCUT2D eigenvalue weighted by Gasteiger charge is 2.30. The van der Waals surface area contributed by atoms with Crippen LogP contribution in [0.2, 0.25) is 0 Å². The molecule has 0 saturated carbocycles. The number of anilines is 1. The number of carbonyl (C=O) groups excluding carboxylic acids is 1. The SMILES string of the molecule is Cc1nc(Cc2cccc(C(F)(F)F)c2)sc1NC(=O)c1ccc(CCN2CCCC2)nc1. The van der Waals surface area contributed by atoms with Gasteiger partial charge in [0.15, 0.2) is 0 Å². The number of benzene rings is 1. The fourth-order valence-electron chi connectivity index (χ4n) is 3.84. The van der Waals surface area contributed by atoms with Crippen LogP contribution in [0.15, 0.2) is 42.6 Å². The van der Waals surface area contributed by atoms with E-state index in [2.05, 4.69) is 20.2 Å². The van der Waals surface area contributed by atoms with Gasteiger partial charge in [-0.15, -0.1) is 11.3 Å². The fraction of sp³-hybridized carbons (Fsp3) is 0.375. The molecular formula is C24H25F3N4OS. The standard InChI is InChI=1S/C24H25F3N4OS/c1-16-23(33-21(29-16)14-17-5-4-6-19(13-17)24(25,26)27)30-22(32)18-7-8-20(28-15-18)9-12-31-10-2-3-11-31/h4-8,13,15H,2-3,9-12,14H2,1H3,(H,30,32).